The summed E-state index contributed by atoms with van der Waals surface area (Å²) in [5.74, 6) is 2.11. The van der Waals surface area contributed by atoms with E-state index in [0.29, 0.717) is 39.9 Å². The summed E-state index contributed by atoms with van der Waals surface area (Å²) in [7, 11) is 0. The molecule has 5 aliphatic rings. The summed E-state index contributed by atoms with van der Waals surface area (Å²) in [6.45, 7) is 20.1. The molecule has 0 unspecified atom stereocenters. The van der Waals surface area contributed by atoms with Gasteiger partial charge in [0, 0.05) is 5.92 Å². The van der Waals surface area contributed by atoms with Crippen molar-refractivity contribution in [2.75, 3.05) is 0 Å². The van der Waals surface area contributed by atoms with Crippen molar-refractivity contribution in [2.24, 2.45) is 56.2 Å². The maximum atomic E-state index is 12.8. The second-order valence-electron chi connectivity index (χ2n) is 15.4. The van der Waals surface area contributed by atoms with Crippen LogP contribution in [-0.4, -0.2) is 17.0 Å². The fourth-order valence-electron chi connectivity index (χ4n) is 11.1. The van der Waals surface area contributed by atoms with Crippen LogP contribution < -0.4 is 0 Å². The first-order chi connectivity index (χ1) is 14.6. The van der Waals surface area contributed by atoms with Gasteiger partial charge in [-0.1, -0.05) is 55.4 Å². The van der Waals surface area contributed by atoms with E-state index in [-0.39, 0.29) is 22.5 Å². The van der Waals surface area contributed by atoms with E-state index >= 15 is 0 Å². The largest absolute Gasteiger partial charge is 0.385 e. The fourth-order valence-corrected chi connectivity index (χ4v) is 11.1. The van der Waals surface area contributed by atoms with Gasteiger partial charge in [-0.3, -0.25) is 4.79 Å². The van der Waals surface area contributed by atoms with E-state index in [1.54, 1.807) is 0 Å². The Labute approximate surface area is 197 Å². The van der Waals surface area contributed by atoms with Crippen molar-refractivity contribution >= 4 is 5.78 Å². The summed E-state index contributed by atoms with van der Waals surface area (Å²) in [4.78, 5) is 12.8. The molecular weight excluding hydrogens is 392 g/mol. The van der Waals surface area contributed by atoms with Crippen LogP contribution in [0.5, 0.6) is 0 Å². The fraction of sp³-hybridized carbons (Fsp3) is 0.967. The van der Waals surface area contributed by atoms with Crippen LogP contribution in [0, 0.1) is 56.2 Å². The van der Waals surface area contributed by atoms with Gasteiger partial charge in [0.25, 0.3) is 0 Å². The first kappa shape index (κ1) is 23.4. The van der Waals surface area contributed by atoms with Gasteiger partial charge in [0.15, 0.2) is 5.78 Å². The molecule has 10 atom stereocenters. The maximum Gasteiger partial charge on any atom is 0.164 e. The summed E-state index contributed by atoms with van der Waals surface area (Å²) >= 11 is 0. The first-order valence-corrected chi connectivity index (χ1v) is 13.8. The lowest BCUT2D eigenvalue weighted by atomic mass is 9.30. The number of rotatable bonds is 0. The number of carbonyl (C=O) groups excluding carboxylic acids is 1. The molecule has 0 bridgehead atoms. The highest BCUT2D eigenvalue weighted by molar-refractivity contribution is 5.86. The summed E-state index contributed by atoms with van der Waals surface area (Å²) in [5, 5.41) is 10.7. The van der Waals surface area contributed by atoms with Gasteiger partial charge in [-0.15, -0.1) is 0 Å². The Morgan fingerprint density at radius 2 is 1.31 bits per heavy atom. The van der Waals surface area contributed by atoms with Crippen LogP contribution >= 0.6 is 0 Å². The molecule has 0 saturated heterocycles. The molecule has 2 heteroatoms. The molecule has 0 amide bonds. The van der Waals surface area contributed by atoms with Crippen LogP contribution in [0.3, 0.4) is 0 Å². The Bertz CT molecular complexity index is 816. The summed E-state index contributed by atoms with van der Waals surface area (Å²) in [5.41, 5.74) is 2.07. The van der Waals surface area contributed by atoms with Gasteiger partial charge in [0.05, 0.1) is 0 Å². The van der Waals surface area contributed by atoms with Crippen LogP contribution in [0.4, 0.5) is 0 Å². The van der Waals surface area contributed by atoms with Gasteiger partial charge in [-0.25, -0.2) is 0 Å². The van der Waals surface area contributed by atoms with Gasteiger partial charge in [-0.2, -0.15) is 0 Å². The summed E-state index contributed by atoms with van der Waals surface area (Å²) in [6.07, 6.45) is 12.0. The Morgan fingerprint density at radius 1 is 0.719 bits per heavy atom. The number of hydrogen-bond acceptors (Lipinski definition) is 2. The molecule has 0 radical (unpaired) electrons. The van der Waals surface area contributed by atoms with Crippen molar-refractivity contribution < 1.29 is 9.90 Å². The molecule has 2 nitrogen and oxygen atoms in total. The third-order valence-electron chi connectivity index (χ3n) is 13.8. The second-order valence-corrected chi connectivity index (χ2v) is 15.4. The van der Waals surface area contributed by atoms with E-state index in [1.807, 2.05) is 0 Å². The van der Waals surface area contributed by atoms with Crippen LogP contribution in [0.25, 0.3) is 0 Å². The number of ketones is 1. The Morgan fingerprint density at radius 3 is 2.00 bits per heavy atom. The third kappa shape index (κ3) is 2.71. The van der Waals surface area contributed by atoms with Crippen LogP contribution in [0.2, 0.25) is 0 Å². The van der Waals surface area contributed by atoms with Gasteiger partial charge in [0.1, 0.15) is 6.10 Å². The molecule has 0 aromatic rings. The van der Waals surface area contributed by atoms with Crippen molar-refractivity contribution in [2.45, 2.75) is 126 Å². The minimum Gasteiger partial charge on any atom is -0.385 e. The standard InChI is InChI=1S/C30H50O2/c1-19-24(32)20(31)17-22-27(19,5)10-9-21-28(22,6)14-16-30(8)23-18-25(2,3)11-12-26(23,4)13-15-29(21,30)7/h19-23,31H,9-18H2,1-8H3/t19-,20+,21+,22+,23+,26+,27+,28+,29+,30-/m0/s1. The quantitative estimate of drug-likeness (QED) is 0.423. The normalized spacial score (nSPS) is 59.4. The van der Waals surface area contributed by atoms with Crippen LogP contribution in [0.15, 0.2) is 0 Å². The lowest BCUT2D eigenvalue weighted by Gasteiger charge is -2.75. The van der Waals surface area contributed by atoms with Crippen LogP contribution in [-0.2, 0) is 4.79 Å². The number of aliphatic hydroxyl groups excluding tert-OH is 1. The highest BCUT2D eigenvalue weighted by atomic mass is 16.3. The smallest absolute Gasteiger partial charge is 0.164 e. The third-order valence-corrected chi connectivity index (χ3v) is 13.8. The van der Waals surface area contributed by atoms with Crippen molar-refractivity contribution in [3.05, 3.63) is 0 Å². The molecule has 0 aromatic carbocycles. The summed E-state index contributed by atoms with van der Waals surface area (Å²) < 4.78 is 0. The van der Waals surface area contributed by atoms with Gasteiger partial charge >= 0.3 is 0 Å². The molecule has 5 aliphatic carbocycles. The molecule has 0 aliphatic heterocycles. The van der Waals surface area contributed by atoms with Gasteiger partial charge < -0.3 is 5.11 Å². The molecule has 32 heavy (non-hydrogen) atoms. The molecule has 0 spiro atoms. The number of aliphatic hydroxyl groups is 1. The lowest BCUT2D eigenvalue weighted by molar-refractivity contribution is -0.259. The maximum absolute atomic E-state index is 12.8. The van der Waals surface area contributed by atoms with Crippen molar-refractivity contribution in [1.29, 1.82) is 0 Å². The van der Waals surface area contributed by atoms with E-state index < -0.39 is 6.10 Å². The Balaban J connectivity index is 1.55. The second kappa shape index (κ2) is 6.64. The van der Waals surface area contributed by atoms with Crippen LogP contribution in [0.1, 0.15) is 120 Å². The number of Topliss-reactive ketones (excluding diaryl/α,β-unsaturated/α-hetero) is 1. The first-order valence-electron chi connectivity index (χ1n) is 13.8. The van der Waals surface area contributed by atoms with E-state index in [1.165, 1.54) is 51.4 Å². The average Bonchev–Trinajstić information content (AvgIpc) is 2.72. The minimum absolute atomic E-state index is 0.0102. The Kier molecular flexibility index (Phi) is 4.85. The SMILES string of the molecule is C[C@H]1C(=O)[C@H](O)C[C@H]2[C@]3(C)CC[C@@]4(C)[C@@H]5CC(C)(C)CC[C@]5(C)CC[C@]4(C)[C@@H]3CC[C@@]21C. The van der Waals surface area contributed by atoms with E-state index in [2.05, 4.69) is 55.4 Å². The number of carbonyl (C=O) groups is 1. The minimum atomic E-state index is -0.742. The summed E-state index contributed by atoms with van der Waals surface area (Å²) in [6, 6.07) is 0. The highest BCUT2D eigenvalue weighted by Crippen LogP contribution is 2.78. The van der Waals surface area contributed by atoms with Crippen molar-refractivity contribution in [3.63, 3.8) is 0 Å². The average molecular weight is 443 g/mol. The molecule has 5 fully saturated rings. The van der Waals surface area contributed by atoms with E-state index in [4.69, 9.17) is 0 Å². The number of hydrogen-bond donors (Lipinski definition) is 1. The molecule has 5 saturated carbocycles. The highest BCUT2D eigenvalue weighted by Gasteiger charge is 2.71. The molecular formula is C30H50O2. The zero-order chi connectivity index (χ0) is 23.5. The molecule has 0 heterocycles. The predicted octanol–water partition coefficient (Wildman–Crippen LogP) is 7.43. The zero-order valence-corrected chi connectivity index (χ0v) is 22.3. The zero-order valence-electron chi connectivity index (χ0n) is 22.3. The van der Waals surface area contributed by atoms with Gasteiger partial charge in [0.2, 0.25) is 0 Å². The van der Waals surface area contributed by atoms with Gasteiger partial charge in [-0.05, 0) is 114 Å². The Hall–Kier alpha value is -0.370. The van der Waals surface area contributed by atoms with E-state index in [0.717, 1.165) is 12.3 Å². The molecule has 5 rings (SSSR count). The molecule has 0 aromatic heterocycles. The molecule has 182 valence electrons. The predicted molar refractivity (Wildman–Crippen MR) is 131 cm³/mol. The monoisotopic (exact) mass is 442 g/mol. The lowest BCUT2D eigenvalue weighted by Crippen LogP contribution is -2.68. The topological polar surface area (TPSA) is 37.3 Å². The van der Waals surface area contributed by atoms with Crippen molar-refractivity contribution in [1.82, 2.24) is 0 Å². The molecule has 1 N–H and O–H groups in total. The number of fused-ring (bicyclic) bond motifs is 7. The van der Waals surface area contributed by atoms with Crippen molar-refractivity contribution in [3.8, 4) is 0 Å². The van der Waals surface area contributed by atoms with E-state index in [9.17, 15) is 9.90 Å².